The van der Waals surface area contributed by atoms with Crippen molar-refractivity contribution in [3.8, 4) is 0 Å². The zero-order valence-electron chi connectivity index (χ0n) is 25.8. The van der Waals surface area contributed by atoms with Gasteiger partial charge in [-0.25, -0.2) is 4.79 Å². The van der Waals surface area contributed by atoms with E-state index in [2.05, 4.69) is 25.8 Å². The SMILES string of the molecule is CC(C)(C)OC(=O)NCCOCCN1CCN(CCOCCNc2ccc3c(c2)C(=O)N(C2CCC(=O)NC2=O)C3=O)CC1. The molecule has 2 saturated heterocycles. The molecule has 3 aliphatic heterocycles. The molecule has 242 valence electrons. The van der Waals surface area contributed by atoms with Gasteiger partial charge >= 0.3 is 6.09 Å². The number of anilines is 1. The van der Waals surface area contributed by atoms with Crippen molar-refractivity contribution in [3.63, 3.8) is 0 Å². The maximum atomic E-state index is 13.0. The molecule has 14 heteroatoms. The molecular weight excluding hydrogens is 572 g/mol. The summed E-state index contributed by atoms with van der Waals surface area (Å²) in [5.74, 6) is -2.07. The first-order valence-corrected chi connectivity index (χ1v) is 15.2. The molecule has 5 amide bonds. The molecule has 1 unspecified atom stereocenters. The van der Waals surface area contributed by atoms with E-state index >= 15 is 0 Å². The molecule has 0 spiro atoms. The number of hydrogen-bond acceptors (Lipinski definition) is 11. The number of ether oxygens (including phenoxy) is 3. The van der Waals surface area contributed by atoms with Crippen molar-refractivity contribution >= 4 is 35.4 Å². The van der Waals surface area contributed by atoms with E-state index in [9.17, 15) is 24.0 Å². The minimum absolute atomic E-state index is 0.0848. The first kappa shape index (κ1) is 33.3. The topological polar surface area (TPSA) is 159 Å². The first-order chi connectivity index (χ1) is 21.0. The van der Waals surface area contributed by atoms with Crippen LogP contribution in [0.4, 0.5) is 10.5 Å². The third-order valence-corrected chi connectivity index (χ3v) is 7.50. The number of amides is 5. The standard InChI is InChI=1S/C30H44N6O8/c1-30(2,3)44-29(41)32-9-17-43-19-15-35-12-10-34(11-13-35)14-18-42-16-8-31-21-4-5-22-23(20-21)28(40)36(27(22)39)24-6-7-25(37)33-26(24)38/h4-5,20,24,31H,6-19H2,1-3H3,(H,32,41)(H,33,37,38). The number of piperidine rings is 1. The fraction of sp³-hybridized carbons (Fsp3) is 0.633. The summed E-state index contributed by atoms with van der Waals surface area (Å²) in [7, 11) is 0. The van der Waals surface area contributed by atoms with Crippen molar-refractivity contribution in [1.29, 1.82) is 0 Å². The summed E-state index contributed by atoms with van der Waals surface area (Å²) < 4.78 is 16.6. The molecule has 0 aromatic heterocycles. The molecule has 44 heavy (non-hydrogen) atoms. The Morgan fingerprint density at radius 2 is 1.50 bits per heavy atom. The van der Waals surface area contributed by atoms with E-state index in [0.29, 0.717) is 45.2 Å². The third-order valence-electron chi connectivity index (χ3n) is 7.50. The van der Waals surface area contributed by atoms with Crippen LogP contribution in [0.25, 0.3) is 0 Å². The summed E-state index contributed by atoms with van der Waals surface area (Å²) >= 11 is 0. The van der Waals surface area contributed by atoms with Crippen molar-refractivity contribution in [2.75, 3.05) is 84.1 Å². The van der Waals surface area contributed by atoms with Crippen LogP contribution >= 0.6 is 0 Å². The fourth-order valence-corrected chi connectivity index (χ4v) is 5.22. The highest BCUT2D eigenvalue weighted by Crippen LogP contribution is 2.29. The van der Waals surface area contributed by atoms with E-state index in [1.165, 1.54) is 0 Å². The van der Waals surface area contributed by atoms with Gasteiger partial charge in [0.05, 0.1) is 37.6 Å². The molecule has 3 N–H and O–H groups in total. The Morgan fingerprint density at radius 1 is 0.886 bits per heavy atom. The van der Waals surface area contributed by atoms with Gasteiger partial charge in [0.2, 0.25) is 11.8 Å². The normalized spacial score (nSPS) is 19.6. The quantitative estimate of drug-likeness (QED) is 0.199. The molecule has 3 heterocycles. The lowest BCUT2D eigenvalue weighted by molar-refractivity contribution is -0.136. The lowest BCUT2D eigenvalue weighted by atomic mass is 10.0. The van der Waals surface area contributed by atoms with Crippen LogP contribution in [-0.4, -0.2) is 135 Å². The maximum Gasteiger partial charge on any atom is 0.407 e. The van der Waals surface area contributed by atoms with Crippen LogP contribution < -0.4 is 16.0 Å². The second-order valence-corrected chi connectivity index (χ2v) is 12.0. The van der Waals surface area contributed by atoms with Crippen LogP contribution in [0.1, 0.15) is 54.3 Å². The number of rotatable bonds is 14. The summed E-state index contributed by atoms with van der Waals surface area (Å²) in [4.78, 5) is 66.8. The number of fused-ring (bicyclic) bond motifs is 1. The van der Waals surface area contributed by atoms with E-state index in [-0.39, 0.29) is 24.0 Å². The minimum atomic E-state index is -0.979. The highest BCUT2D eigenvalue weighted by molar-refractivity contribution is 6.23. The summed E-state index contributed by atoms with van der Waals surface area (Å²) in [5, 5.41) is 8.10. The molecular formula is C30H44N6O8. The highest BCUT2D eigenvalue weighted by atomic mass is 16.6. The molecule has 4 rings (SSSR count). The zero-order chi connectivity index (χ0) is 31.7. The predicted octanol–water partition coefficient (Wildman–Crippen LogP) is 0.675. The zero-order valence-corrected chi connectivity index (χ0v) is 25.8. The van der Waals surface area contributed by atoms with Crippen LogP contribution in [-0.2, 0) is 23.8 Å². The number of imide groups is 2. The fourth-order valence-electron chi connectivity index (χ4n) is 5.22. The molecule has 3 aliphatic rings. The second-order valence-electron chi connectivity index (χ2n) is 12.0. The van der Waals surface area contributed by atoms with E-state index < -0.39 is 41.4 Å². The largest absolute Gasteiger partial charge is 0.444 e. The van der Waals surface area contributed by atoms with E-state index in [1.54, 1.807) is 18.2 Å². The van der Waals surface area contributed by atoms with Crippen LogP contribution in [0.15, 0.2) is 18.2 Å². The van der Waals surface area contributed by atoms with Gasteiger partial charge in [-0.3, -0.25) is 39.2 Å². The molecule has 1 atom stereocenters. The number of carbonyl (C=O) groups excluding carboxylic acids is 5. The smallest absolute Gasteiger partial charge is 0.407 e. The second kappa shape index (κ2) is 15.4. The van der Waals surface area contributed by atoms with Crippen molar-refractivity contribution in [1.82, 2.24) is 25.3 Å². The Balaban J connectivity index is 1.04. The first-order valence-electron chi connectivity index (χ1n) is 15.2. The van der Waals surface area contributed by atoms with Crippen molar-refractivity contribution in [2.24, 2.45) is 0 Å². The molecule has 1 aromatic carbocycles. The van der Waals surface area contributed by atoms with E-state index in [4.69, 9.17) is 14.2 Å². The number of hydrogen-bond donors (Lipinski definition) is 3. The van der Waals surface area contributed by atoms with Crippen LogP contribution in [0.2, 0.25) is 0 Å². The van der Waals surface area contributed by atoms with Crippen LogP contribution in [0, 0.1) is 0 Å². The Kier molecular flexibility index (Phi) is 11.7. The number of alkyl carbamates (subject to hydrolysis) is 1. The molecule has 0 radical (unpaired) electrons. The van der Waals surface area contributed by atoms with Crippen molar-refractivity contribution in [3.05, 3.63) is 29.3 Å². The number of benzene rings is 1. The molecule has 0 aliphatic carbocycles. The van der Waals surface area contributed by atoms with Gasteiger partial charge in [-0.15, -0.1) is 0 Å². The van der Waals surface area contributed by atoms with Gasteiger partial charge in [0.15, 0.2) is 0 Å². The van der Waals surface area contributed by atoms with Crippen molar-refractivity contribution in [2.45, 2.75) is 45.3 Å². The Hall–Kier alpha value is -3.59. The number of nitrogens with zero attached hydrogens (tertiary/aromatic N) is 3. The summed E-state index contributed by atoms with van der Waals surface area (Å²) in [5.41, 5.74) is 0.660. The van der Waals surface area contributed by atoms with Gasteiger partial charge < -0.3 is 24.8 Å². The van der Waals surface area contributed by atoms with Gasteiger partial charge in [-0.1, -0.05) is 0 Å². The number of carbonyl (C=O) groups is 5. The molecule has 0 saturated carbocycles. The molecule has 2 fully saturated rings. The lowest BCUT2D eigenvalue weighted by Crippen LogP contribution is -2.54. The van der Waals surface area contributed by atoms with Gasteiger partial charge in [0.1, 0.15) is 11.6 Å². The Labute approximate surface area is 257 Å². The highest BCUT2D eigenvalue weighted by Gasteiger charge is 2.44. The Bertz CT molecular complexity index is 1210. The van der Waals surface area contributed by atoms with Gasteiger partial charge in [-0.05, 0) is 45.4 Å². The average molecular weight is 617 g/mol. The predicted molar refractivity (Wildman–Crippen MR) is 160 cm³/mol. The summed E-state index contributed by atoms with van der Waals surface area (Å²) in [6.07, 6.45) is -0.225. The van der Waals surface area contributed by atoms with E-state index in [0.717, 1.165) is 44.2 Å². The lowest BCUT2D eigenvalue weighted by Gasteiger charge is -2.34. The molecule has 14 nitrogen and oxygen atoms in total. The van der Waals surface area contributed by atoms with Crippen LogP contribution in [0.5, 0.6) is 0 Å². The summed E-state index contributed by atoms with van der Waals surface area (Å²) in [6.45, 7) is 14.1. The van der Waals surface area contributed by atoms with Gasteiger partial charge in [0, 0.05) is 64.5 Å². The van der Waals surface area contributed by atoms with Crippen LogP contribution in [0.3, 0.4) is 0 Å². The van der Waals surface area contributed by atoms with Crippen molar-refractivity contribution < 1.29 is 38.2 Å². The van der Waals surface area contributed by atoms with Gasteiger partial charge in [0.25, 0.3) is 11.8 Å². The third kappa shape index (κ3) is 9.45. The number of piperazine rings is 1. The minimum Gasteiger partial charge on any atom is -0.444 e. The van der Waals surface area contributed by atoms with Gasteiger partial charge in [-0.2, -0.15) is 0 Å². The molecule has 0 bridgehead atoms. The monoisotopic (exact) mass is 616 g/mol. The summed E-state index contributed by atoms with van der Waals surface area (Å²) in [6, 6.07) is 3.95. The van der Waals surface area contributed by atoms with E-state index in [1.807, 2.05) is 20.8 Å². The molecule has 1 aromatic rings. The Morgan fingerprint density at radius 3 is 2.11 bits per heavy atom. The maximum absolute atomic E-state index is 13.0. The number of nitrogens with one attached hydrogen (secondary N) is 3. The average Bonchev–Trinajstić information content (AvgIpc) is 3.21.